The second-order valence-corrected chi connectivity index (χ2v) is 10.8. The van der Waals surface area contributed by atoms with E-state index in [1.165, 1.54) is 25.9 Å². The topological polar surface area (TPSA) is 126 Å². The van der Waals surface area contributed by atoms with Crippen molar-refractivity contribution in [1.82, 2.24) is 4.57 Å². The van der Waals surface area contributed by atoms with Crippen LogP contribution in [0.1, 0.15) is 24.1 Å². The molecular weight excluding hydrogens is 663 g/mol. The molecule has 4 rings (SSSR count). The van der Waals surface area contributed by atoms with Gasteiger partial charge >= 0.3 is 11.9 Å². The zero-order valence-electron chi connectivity index (χ0n) is 21.1. The van der Waals surface area contributed by atoms with Crippen molar-refractivity contribution in [1.29, 1.82) is 0 Å². The number of aromatic nitrogens is 1. The predicted octanol–water partition coefficient (Wildman–Crippen LogP) is 3.15. The van der Waals surface area contributed by atoms with Gasteiger partial charge in [-0.2, -0.15) is 0 Å². The Morgan fingerprint density at radius 3 is 2.54 bits per heavy atom. The number of allylic oxidation sites excluding steroid dienone is 1. The maximum atomic E-state index is 13.8. The van der Waals surface area contributed by atoms with Gasteiger partial charge in [0.2, 0.25) is 0 Å². The molecule has 39 heavy (non-hydrogen) atoms. The summed E-state index contributed by atoms with van der Waals surface area (Å²) in [6, 6.07) is 7.44. The van der Waals surface area contributed by atoms with Gasteiger partial charge in [0.15, 0.2) is 22.9 Å². The van der Waals surface area contributed by atoms with Crippen LogP contribution in [-0.4, -0.2) is 49.5 Å². The largest absolute Gasteiger partial charge is 0.496 e. The van der Waals surface area contributed by atoms with Crippen molar-refractivity contribution in [3.63, 3.8) is 0 Å². The number of esters is 1. The van der Waals surface area contributed by atoms with E-state index < -0.39 is 24.6 Å². The molecule has 0 spiro atoms. The average Bonchev–Trinajstić information content (AvgIpc) is 3.20. The highest BCUT2D eigenvalue weighted by Gasteiger charge is 2.35. The average molecular weight is 685 g/mol. The van der Waals surface area contributed by atoms with E-state index in [1.807, 2.05) is 22.6 Å². The number of carbonyl (C=O) groups excluding carboxylic acids is 1. The molecule has 1 atom stereocenters. The van der Waals surface area contributed by atoms with Gasteiger partial charge in [0.05, 0.1) is 40.7 Å². The number of rotatable bonds is 8. The van der Waals surface area contributed by atoms with E-state index in [1.54, 1.807) is 43.3 Å². The molecule has 1 aliphatic rings. The molecule has 1 N–H and O–H groups in total. The number of ether oxygens (including phenoxy) is 4. The van der Waals surface area contributed by atoms with E-state index in [2.05, 4.69) is 4.99 Å². The molecule has 13 heteroatoms. The molecular formula is C26H22ClIN2O8S. The summed E-state index contributed by atoms with van der Waals surface area (Å²) in [5, 5.41) is 9.36. The van der Waals surface area contributed by atoms with Crippen LogP contribution >= 0.6 is 45.5 Å². The van der Waals surface area contributed by atoms with Crippen LogP contribution in [0.4, 0.5) is 0 Å². The molecule has 10 nitrogen and oxygen atoms in total. The summed E-state index contributed by atoms with van der Waals surface area (Å²) < 4.78 is 23.7. The first-order valence-electron chi connectivity index (χ1n) is 11.3. The number of hydrogen-bond donors (Lipinski definition) is 1. The van der Waals surface area contributed by atoms with Gasteiger partial charge in [-0.3, -0.25) is 9.36 Å². The van der Waals surface area contributed by atoms with E-state index >= 15 is 0 Å². The Balaban J connectivity index is 1.93. The van der Waals surface area contributed by atoms with Gasteiger partial charge in [0, 0.05) is 10.6 Å². The molecule has 3 aromatic rings. The Hall–Kier alpha value is -3.36. The number of methoxy groups -OCH3 is 3. The Morgan fingerprint density at radius 1 is 1.18 bits per heavy atom. The normalized spacial score (nSPS) is 14.9. The Bertz CT molecular complexity index is 1690. The first-order chi connectivity index (χ1) is 18.6. The number of fused-ring (bicyclic) bond motifs is 1. The second kappa shape index (κ2) is 11.8. The fourth-order valence-corrected chi connectivity index (χ4v) is 6.16. The minimum Gasteiger partial charge on any atom is -0.496 e. The van der Waals surface area contributed by atoms with Gasteiger partial charge < -0.3 is 24.1 Å². The first kappa shape index (κ1) is 28.6. The van der Waals surface area contributed by atoms with Crippen LogP contribution in [0.25, 0.3) is 6.08 Å². The van der Waals surface area contributed by atoms with Gasteiger partial charge in [0.1, 0.15) is 11.8 Å². The number of carboxylic acids is 1. The van der Waals surface area contributed by atoms with Gasteiger partial charge in [-0.05, 0) is 71.5 Å². The minimum atomic E-state index is -1.12. The monoisotopic (exact) mass is 684 g/mol. The smallest absolute Gasteiger partial charge is 0.341 e. The molecule has 2 heterocycles. The summed E-state index contributed by atoms with van der Waals surface area (Å²) in [7, 11) is 4.19. The van der Waals surface area contributed by atoms with Crippen LogP contribution in [0.15, 0.2) is 51.4 Å². The van der Waals surface area contributed by atoms with Crippen molar-refractivity contribution in [3.05, 3.63) is 81.0 Å². The van der Waals surface area contributed by atoms with Gasteiger partial charge in [-0.1, -0.05) is 22.9 Å². The standard InChI is InChI=1S/C26H22ClIN2O8S/c1-12-21(25(34)37-4)22(15-10-14(27)5-6-17(15)35-2)30-24(33)19(39-26(30)29-12)9-13-7-16(28)23(18(8-13)36-3)38-11-20(31)32/h5-10,22H,11H2,1-4H3,(H,31,32)/b19-9-/t22-/m1/s1. The number of aliphatic carboxylic acids is 1. The van der Waals surface area contributed by atoms with Crippen LogP contribution < -0.4 is 29.1 Å². The Morgan fingerprint density at radius 2 is 1.90 bits per heavy atom. The highest BCUT2D eigenvalue weighted by Crippen LogP contribution is 2.37. The fourth-order valence-electron chi connectivity index (χ4n) is 4.15. The zero-order chi connectivity index (χ0) is 28.4. The summed E-state index contributed by atoms with van der Waals surface area (Å²) in [5.74, 6) is -0.719. The van der Waals surface area contributed by atoms with E-state index in [4.69, 9.17) is 35.7 Å². The minimum absolute atomic E-state index is 0.188. The third kappa shape index (κ3) is 5.68. The number of hydrogen-bond acceptors (Lipinski definition) is 9. The molecule has 1 aliphatic heterocycles. The van der Waals surface area contributed by atoms with Crippen LogP contribution in [0.5, 0.6) is 17.2 Å². The lowest BCUT2D eigenvalue weighted by molar-refractivity contribution is -0.139. The Kier molecular flexibility index (Phi) is 8.67. The highest BCUT2D eigenvalue weighted by atomic mass is 127. The molecule has 0 unspecified atom stereocenters. The fraction of sp³-hybridized carbons (Fsp3) is 0.231. The van der Waals surface area contributed by atoms with Crippen molar-refractivity contribution < 1.29 is 33.6 Å². The third-order valence-corrected chi connectivity index (χ3v) is 7.82. The van der Waals surface area contributed by atoms with Crippen molar-refractivity contribution >= 4 is 63.5 Å². The Labute approximate surface area is 244 Å². The second-order valence-electron chi connectivity index (χ2n) is 8.18. The maximum absolute atomic E-state index is 13.8. The molecule has 2 aromatic carbocycles. The first-order valence-corrected chi connectivity index (χ1v) is 13.5. The van der Waals surface area contributed by atoms with Gasteiger partial charge in [0.25, 0.3) is 5.56 Å². The van der Waals surface area contributed by atoms with Gasteiger partial charge in [-0.15, -0.1) is 0 Å². The van der Waals surface area contributed by atoms with E-state index in [0.717, 1.165) is 11.3 Å². The van der Waals surface area contributed by atoms with Crippen LogP contribution in [0.2, 0.25) is 5.02 Å². The summed E-state index contributed by atoms with van der Waals surface area (Å²) in [4.78, 5) is 42.6. The lowest BCUT2D eigenvalue weighted by Gasteiger charge is -2.25. The number of halogens is 2. The molecule has 1 aromatic heterocycles. The third-order valence-electron chi connectivity index (χ3n) is 5.80. The lowest BCUT2D eigenvalue weighted by atomic mass is 9.95. The summed E-state index contributed by atoms with van der Waals surface area (Å²) >= 11 is 9.47. The molecule has 0 aliphatic carbocycles. The molecule has 0 radical (unpaired) electrons. The number of thiazole rings is 1. The maximum Gasteiger partial charge on any atom is 0.341 e. The number of carbonyl (C=O) groups is 2. The van der Waals surface area contributed by atoms with Crippen LogP contribution in [-0.2, 0) is 14.3 Å². The number of carboxylic acid groups (broad SMARTS) is 1. The summed E-state index contributed by atoms with van der Waals surface area (Å²) in [5.41, 5.74) is 1.32. The lowest BCUT2D eigenvalue weighted by Crippen LogP contribution is -2.40. The number of benzene rings is 2. The van der Waals surface area contributed by atoms with E-state index in [0.29, 0.717) is 46.2 Å². The van der Waals surface area contributed by atoms with Crippen molar-refractivity contribution in [2.75, 3.05) is 27.9 Å². The summed E-state index contributed by atoms with van der Waals surface area (Å²) in [6.45, 7) is 1.15. The zero-order valence-corrected chi connectivity index (χ0v) is 24.8. The van der Waals surface area contributed by atoms with E-state index in [9.17, 15) is 14.4 Å². The van der Waals surface area contributed by atoms with Crippen LogP contribution in [0, 0.1) is 3.57 Å². The van der Waals surface area contributed by atoms with Crippen molar-refractivity contribution in [2.45, 2.75) is 13.0 Å². The van der Waals surface area contributed by atoms with Gasteiger partial charge in [-0.25, -0.2) is 14.6 Å². The van der Waals surface area contributed by atoms with Crippen molar-refractivity contribution in [2.24, 2.45) is 4.99 Å². The molecule has 0 saturated carbocycles. The van der Waals surface area contributed by atoms with Crippen LogP contribution in [0.3, 0.4) is 0 Å². The molecule has 0 bridgehead atoms. The quantitative estimate of drug-likeness (QED) is 0.284. The summed E-state index contributed by atoms with van der Waals surface area (Å²) in [6.07, 6.45) is 1.67. The SMILES string of the molecule is COC(=O)C1=C(C)N=c2s/c(=C\c3cc(I)c(OCC(=O)O)c(OC)c3)c(=O)n2[C@@H]1c1cc(Cl)ccc1OC. The molecule has 0 fully saturated rings. The number of nitrogens with zero attached hydrogens (tertiary/aromatic N) is 2. The highest BCUT2D eigenvalue weighted by molar-refractivity contribution is 14.1. The predicted molar refractivity (Wildman–Crippen MR) is 153 cm³/mol. The van der Waals surface area contributed by atoms with Crippen molar-refractivity contribution in [3.8, 4) is 17.2 Å². The van der Waals surface area contributed by atoms with E-state index in [-0.39, 0.29) is 16.9 Å². The molecule has 0 saturated heterocycles. The molecule has 204 valence electrons. The molecule has 0 amide bonds.